The van der Waals surface area contributed by atoms with Gasteiger partial charge in [0.1, 0.15) is 30.3 Å². The van der Waals surface area contributed by atoms with Crippen molar-refractivity contribution in [3.8, 4) is 11.4 Å². The van der Waals surface area contributed by atoms with Crippen LogP contribution in [-0.4, -0.2) is 64.2 Å². The highest BCUT2D eigenvalue weighted by Gasteiger charge is 2.28. The number of para-hydroxylation sites is 1. The van der Waals surface area contributed by atoms with Gasteiger partial charge < -0.3 is 24.2 Å². The molecule has 0 radical (unpaired) electrons. The van der Waals surface area contributed by atoms with Gasteiger partial charge in [0.25, 0.3) is 5.91 Å². The third-order valence-electron chi connectivity index (χ3n) is 6.04. The van der Waals surface area contributed by atoms with Crippen LogP contribution in [0.5, 0.6) is 5.75 Å². The first kappa shape index (κ1) is 30.2. The summed E-state index contributed by atoms with van der Waals surface area (Å²) in [4.78, 5) is 18.0. The predicted molar refractivity (Wildman–Crippen MR) is 140 cm³/mol. The molecule has 1 amide bonds. The number of hydrogen-bond donors (Lipinski definition) is 1. The molecular weight excluding hydrogens is 572 g/mol. The predicted octanol–water partition coefficient (Wildman–Crippen LogP) is 4.94. The molecule has 0 saturated carbocycles. The average Bonchev–Trinajstić information content (AvgIpc) is 3.36. The molecule has 0 saturated heterocycles. The van der Waals surface area contributed by atoms with Gasteiger partial charge in [0.2, 0.25) is 0 Å². The minimum Gasteiger partial charge on any atom is -0.487 e. The maximum atomic E-state index is 14.4. The molecule has 0 aliphatic carbocycles. The van der Waals surface area contributed by atoms with Crippen LogP contribution in [-0.2, 0) is 20.9 Å². The van der Waals surface area contributed by atoms with Crippen LogP contribution in [0.1, 0.15) is 23.0 Å². The van der Waals surface area contributed by atoms with Gasteiger partial charge in [-0.25, -0.2) is 18.4 Å². The molecule has 0 aliphatic heterocycles. The number of hydrogen-bond acceptors (Lipinski definition) is 7. The Morgan fingerprint density at radius 1 is 1.20 bits per heavy atom. The van der Waals surface area contributed by atoms with Crippen molar-refractivity contribution >= 4 is 28.4 Å². The summed E-state index contributed by atoms with van der Waals surface area (Å²) < 4.78 is 69.6. The van der Waals surface area contributed by atoms with Gasteiger partial charge in [-0.1, -0.05) is 23.7 Å². The van der Waals surface area contributed by atoms with Crippen molar-refractivity contribution in [1.82, 2.24) is 19.7 Å². The first-order chi connectivity index (χ1) is 19.6. The molecule has 41 heavy (non-hydrogen) atoms. The van der Waals surface area contributed by atoms with E-state index in [0.717, 1.165) is 23.2 Å². The zero-order chi connectivity index (χ0) is 29.7. The summed E-state index contributed by atoms with van der Waals surface area (Å²) in [5.74, 6) is -2.03. The molecule has 0 bridgehead atoms. The summed E-state index contributed by atoms with van der Waals surface area (Å²) in [6.45, 7) is -3.08. The van der Waals surface area contributed by atoms with Crippen molar-refractivity contribution in [1.29, 1.82) is 0 Å². The number of benzene rings is 2. The van der Waals surface area contributed by atoms with Gasteiger partial charge in [-0.2, -0.15) is 13.9 Å². The second-order valence-electron chi connectivity index (χ2n) is 8.81. The SMILES string of the molecule is COCCN(C(=O)COC(F)F)C(O)c1cc(F)cc(Cl)c1COc1cccc2c(-n3cc(F)cn3)cc(C)nc12. The Hall–Kier alpha value is -3.78. The molecule has 4 rings (SSSR count). The molecule has 0 spiro atoms. The van der Waals surface area contributed by atoms with Gasteiger partial charge >= 0.3 is 6.61 Å². The minimum atomic E-state index is -3.21. The molecule has 1 atom stereocenters. The van der Waals surface area contributed by atoms with Crippen LogP contribution in [0.2, 0.25) is 5.02 Å². The van der Waals surface area contributed by atoms with Gasteiger partial charge in [-0.15, -0.1) is 0 Å². The van der Waals surface area contributed by atoms with E-state index in [1.807, 2.05) is 0 Å². The normalized spacial score (nSPS) is 12.2. The van der Waals surface area contributed by atoms with Crippen molar-refractivity contribution in [3.05, 3.63) is 82.3 Å². The van der Waals surface area contributed by atoms with Crippen molar-refractivity contribution in [2.24, 2.45) is 0 Å². The molecule has 2 aromatic carbocycles. The Kier molecular flexibility index (Phi) is 9.76. The zero-order valence-electron chi connectivity index (χ0n) is 21.9. The topological polar surface area (TPSA) is 98.9 Å². The average molecular weight is 597 g/mol. The lowest BCUT2D eigenvalue weighted by Crippen LogP contribution is -2.40. The molecule has 2 aromatic heterocycles. The number of fused-ring (bicyclic) bond motifs is 1. The standard InChI is InChI=1S/C27H25ClF4N4O5/c1-15-8-22(36-12-17(30)11-33-36)18-4-3-5-23(25(18)34-15)40-13-20-19(9-16(29)10-21(20)28)26(38)35(6-7-39-2)24(37)14-41-27(31)32/h3-5,8-12,26-27,38H,6-7,13-14H2,1-2H3. The molecule has 1 unspecified atom stereocenters. The molecule has 4 aromatic rings. The van der Waals surface area contributed by atoms with Crippen molar-refractivity contribution in [2.75, 3.05) is 26.9 Å². The summed E-state index contributed by atoms with van der Waals surface area (Å²) >= 11 is 6.34. The number of nitrogens with zero attached hydrogens (tertiary/aromatic N) is 4. The number of halogens is 5. The maximum absolute atomic E-state index is 14.4. The number of carbonyl (C=O) groups excluding carboxylic acids is 1. The molecule has 2 heterocycles. The number of amides is 1. The highest BCUT2D eigenvalue weighted by Crippen LogP contribution is 2.33. The Balaban J connectivity index is 1.68. The summed E-state index contributed by atoms with van der Waals surface area (Å²) in [6, 6.07) is 8.78. The summed E-state index contributed by atoms with van der Waals surface area (Å²) in [7, 11) is 1.34. The number of carbonyl (C=O) groups is 1. The zero-order valence-corrected chi connectivity index (χ0v) is 22.6. The van der Waals surface area contributed by atoms with E-state index in [2.05, 4.69) is 14.8 Å². The van der Waals surface area contributed by atoms with Crippen LogP contribution in [0.4, 0.5) is 17.6 Å². The van der Waals surface area contributed by atoms with Crippen LogP contribution >= 0.6 is 11.6 Å². The second kappa shape index (κ2) is 13.3. The number of aliphatic hydroxyl groups excluding tert-OH is 1. The molecule has 1 N–H and O–H groups in total. The van der Waals surface area contributed by atoms with Crippen LogP contribution in [0.25, 0.3) is 16.6 Å². The lowest BCUT2D eigenvalue weighted by molar-refractivity contribution is -0.168. The van der Waals surface area contributed by atoms with Crippen molar-refractivity contribution < 1.29 is 41.7 Å². The number of ether oxygens (including phenoxy) is 3. The van der Waals surface area contributed by atoms with Crippen molar-refractivity contribution in [3.63, 3.8) is 0 Å². The first-order valence-corrected chi connectivity index (χ1v) is 12.5. The molecular formula is C27H25ClF4N4O5. The van der Waals surface area contributed by atoms with E-state index in [9.17, 15) is 27.5 Å². The molecule has 0 aliphatic rings. The maximum Gasteiger partial charge on any atom is 0.345 e. The van der Waals surface area contributed by atoms with E-state index in [1.54, 1.807) is 31.2 Å². The number of rotatable bonds is 12. The van der Waals surface area contributed by atoms with E-state index in [-0.39, 0.29) is 35.9 Å². The summed E-state index contributed by atoms with van der Waals surface area (Å²) in [5, 5.41) is 15.6. The number of pyridine rings is 1. The lowest BCUT2D eigenvalue weighted by Gasteiger charge is -2.29. The van der Waals surface area contributed by atoms with Gasteiger partial charge in [0, 0.05) is 35.9 Å². The number of aryl methyl sites for hydroxylation is 1. The van der Waals surface area contributed by atoms with E-state index in [1.165, 1.54) is 18.0 Å². The largest absolute Gasteiger partial charge is 0.487 e. The lowest BCUT2D eigenvalue weighted by atomic mass is 10.0. The number of aliphatic hydroxyl groups is 1. The number of methoxy groups -OCH3 is 1. The third kappa shape index (κ3) is 7.11. The Labute approximate surface area is 236 Å². The molecule has 9 nitrogen and oxygen atoms in total. The van der Waals surface area contributed by atoms with Crippen LogP contribution < -0.4 is 4.74 Å². The van der Waals surface area contributed by atoms with Crippen molar-refractivity contribution in [2.45, 2.75) is 26.4 Å². The number of aromatic nitrogens is 3. The van der Waals surface area contributed by atoms with Gasteiger partial charge in [0.05, 0.1) is 29.7 Å². The highest BCUT2D eigenvalue weighted by molar-refractivity contribution is 6.31. The van der Waals surface area contributed by atoms with E-state index < -0.39 is 37.0 Å². The van der Waals surface area contributed by atoms with E-state index >= 15 is 0 Å². The monoisotopic (exact) mass is 596 g/mol. The smallest absolute Gasteiger partial charge is 0.345 e. The fourth-order valence-electron chi connectivity index (χ4n) is 4.18. The first-order valence-electron chi connectivity index (χ1n) is 12.2. The van der Waals surface area contributed by atoms with Gasteiger partial charge in [-0.3, -0.25) is 4.79 Å². The fraction of sp³-hybridized carbons (Fsp3) is 0.296. The summed E-state index contributed by atoms with van der Waals surface area (Å²) in [6.07, 6.45) is 0.488. The summed E-state index contributed by atoms with van der Waals surface area (Å²) in [5.41, 5.74) is 1.56. The van der Waals surface area contributed by atoms with Crippen LogP contribution in [0.15, 0.2) is 48.8 Å². The Morgan fingerprint density at radius 3 is 2.66 bits per heavy atom. The van der Waals surface area contributed by atoms with Gasteiger partial charge in [0.15, 0.2) is 12.0 Å². The van der Waals surface area contributed by atoms with Gasteiger partial charge in [-0.05, 0) is 31.2 Å². The molecule has 14 heteroatoms. The Bertz CT molecular complexity index is 1540. The Morgan fingerprint density at radius 2 is 1.98 bits per heavy atom. The number of alkyl halides is 2. The van der Waals surface area contributed by atoms with Crippen LogP contribution in [0, 0.1) is 18.6 Å². The molecule has 218 valence electrons. The highest BCUT2D eigenvalue weighted by atomic mass is 35.5. The fourth-order valence-corrected chi connectivity index (χ4v) is 4.45. The molecule has 0 fully saturated rings. The minimum absolute atomic E-state index is 0.0597. The van der Waals surface area contributed by atoms with Crippen LogP contribution in [0.3, 0.4) is 0 Å². The van der Waals surface area contributed by atoms with E-state index in [4.69, 9.17) is 21.1 Å². The second-order valence-corrected chi connectivity index (χ2v) is 9.21. The van der Waals surface area contributed by atoms with E-state index in [0.29, 0.717) is 28.0 Å². The quantitative estimate of drug-likeness (QED) is 0.183. The third-order valence-corrected chi connectivity index (χ3v) is 6.37.